The Hall–Kier alpha value is -4.13. The molecule has 5 atom stereocenters. The topological polar surface area (TPSA) is 171 Å². The molecule has 45 heavy (non-hydrogen) atoms. The van der Waals surface area contributed by atoms with Gasteiger partial charge in [0.15, 0.2) is 0 Å². The largest absolute Gasteiger partial charge is 0.417 e. The molecule has 2 saturated heterocycles. The van der Waals surface area contributed by atoms with Crippen LogP contribution in [0.2, 0.25) is 0 Å². The lowest BCUT2D eigenvalue weighted by atomic mass is 9.93. The monoisotopic (exact) mass is 626 g/mol. The Kier molecular flexibility index (Phi) is 11.8. The van der Waals surface area contributed by atoms with Gasteiger partial charge in [-0.05, 0) is 49.7 Å². The molecule has 0 radical (unpaired) electrons. The molecule has 1 aromatic heterocycles. The summed E-state index contributed by atoms with van der Waals surface area (Å²) in [6.45, 7) is 4.23. The Morgan fingerprint density at radius 3 is 2.49 bits per heavy atom. The van der Waals surface area contributed by atoms with E-state index in [1.165, 1.54) is 0 Å². The molecule has 2 aliphatic heterocycles. The second-order valence-electron chi connectivity index (χ2n) is 12.1. The van der Waals surface area contributed by atoms with Crippen LogP contribution in [0.3, 0.4) is 0 Å². The van der Waals surface area contributed by atoms with E-state index >= 15 is 0 Å². The number of amides is 5. The minimum Gasteiger partial charge on any atom is -0.417 e. The van der Waals surface area contributed by atoms with E-state index in [0.29, 0.717) is 38.6 Å². The number of piperidine rings is 1. The van der Waals surface area contributed by atoms with E-state index < -0.39 is 47.8 Å². The predicted octanol–water partition coefficient (Wildman–Crippen LogP) is 1.59. The molecule has 2 aliphatic rings. The van der Waals surface area contributed by atoms with Crippen LogP contribution in [0.15, 0.2) is 30.5 Å². The fourth-order valence-corrected chi connectivity index (χ4v) is 6.22. The average Bonchev–Trinajstić information content (AvgIpc) is 3.41. The second-order valence-corrected chi connectivity index (χ2v) is 12.1. The van der Waals surface area contributed by atoms with Gasteiger partial charge >= 0.3 is 0 Å². The Labute approximate surface area is 263 Å². The standard InChI is InChI=1S/C32H46N6O7/c1-4-20(2)28-32(43)37-17-11-10-15-26(37)31(42)33-23(13-6-5-7-16-27(39)36-44)29(40)34-24(30(41)35-28)18-21-19-38(45-3)25-14-9-8-12-22(21)25/h8-9,12,14,19-20,23-24,26,28,44H,4-7,10-11,13,15-18H2,1-3H3,(H,33,42)(H,34,40)(H,35,41)(H,36,39)/t20?,23-,24+,26-,28+/m1/s1. The number of hydrogen-bond donors (Lipinski definition) is 5. The van der Waals surface area contributed by atoms with Gasteiger partial charge in [-0.25, -0.2) is 5.48 Å². The summed E-state index contributed by atoms with van der Waals surface area (Å²) in [4.78, 5) is 74.0. The number of para-hydroxylation sites is 1. The lowest BCUT2D eigenvalue weighted by Gasteiger charge is -2.39. The van der Waals surface area contributed by atoms with E-state index in [9.17, 15) is 24.0 Å². The van der Waals surface area contributed by atoms with Crippen LogP contribution >= 0.6 is 0 Å². The molecular weight excluding hydrogens is 580 g/mol. The van der Waals surface area contributed by atoms with Gasteiger partial charge in [-0.2, -0.15) is 4.73 Å². The number of nitrogens with zero attached hydrogens (tertiary/aromatic N) is 2. The molecule has 4 rings (SSSR count). The number of hydrogen-bond acceptors (Lipinski definition) is 7. The normalized spacial score (nSPS) is 23.6. The van der Waals surface area contributed by atoms with Gasteiger partial charge < -0.3 is 25.7 Å². The molecule has 5 amide bonds. The van der Waals surface area contributed by atoms with Crippen LogP contribution in [-0.2, 0) is 30.4 Å². The number of benzene rings is 1. The molecule has 0 spiro atoms. The summed E-state index contributed by atoms with van der Waals surface area (Å²) < 4.78 is 1.60. The summed E-state index contributed by atoms with van der Waals surface area (Å²) in [5.74, 6) is -2.36. The van der Waals surface area contributed by atoms with Crippen molar-refractivity contribution in [1.82, 2.24) is 31.1 Å². The van der Waals surface area contributed by atoms with Gasteiger partial charge in [-0.1, -0.05) is 51.3 Å². The molecule has 13 heteroatoms. The molecule has 1 aromatic carbocycles. The fourth-order valence-electron chi connectivity index (χ4n) is 6.22. The van der Waals surface area contributed by atoms with Gasteiger partial charge in [0, 0.05) is 31.0 Å². The number of aromatic nitrogens is 1. The van der Waals surface area contributed by atoms with Crippen molar-refractivity contribution in [1.29, 1.82) is 0 Å². The van der Waals surface area contributed by atoms with Crippen LogP contribution in [0.5, 0.6) is 0 Å². The third kappa shape index (κ3) is 8.13. The van der Waals surface area contributed by atoms with E-state index in [4.69, 9.17) is 10.0 Å². The van der Waals surface area contributed by atoms with E-state index in [2.05, 4.69) is 16.0 Å². The van der Waals surface area contributed by atoms with Gasteiger partial charge in [0.1, 0.15) is 31.3 Å². The first-order valence-corrected chi connectivity index (χ1v) is 16.0. The SMILES string of the molecule is CCC(C)[C@@H]1NC(=O)[C@H](Cc2cn(OC)c3ccccc23)NC(=O)[C@@H](CCCCCC(=O)NO)NC(=O)[C@H]2CCCCN2C1=O. The van der Waals surface area contributed by atoms with Crippen LogP contribution < -0.4 is 26.3 Å². The zero-order valence-electron chi connectivity index (χ0n) is 26.3. The van der Waals surface area contributed by atoms with Crippen LogP contribution in [0.1, 0.15) is 77.2 Å². The van der Waals surface area contributed by atoms with E-state index in [-0.39, 0.29) is 31.1 Å². The highest BCUT2D eigenvalue weighted by Gasteiger charge is 2.40. The third-order valence-corrected chi connectivity index (χ3v) is 9.03. The maximum atomic E-state index is 14.0. The van der Waals surface area contributed by atoms with E-state index in [1.54, 1.807) is 28.4 Å². The van der Waals surface area contributed by atoms with Crippen LogP contribution in [0, 0.1) is 5.92 Å². The molecule has 0 aliphatic carbocycles. The third-order valence-electron chi connectivity index (χ3n) is 9.03. The van der Waals surface area contributed by atoms with Crippen molar-refractivity contribution in [3.8, 4) is 0 Å². The number of carbonyl (C=O) groups excluding carboxylic acids is 5. The summed E-state index contributed by atoms with van der Waals surface area (Å²) in [7, 11) is 1.54. The first kappa shape index (κ1) is 33.8. The second kappa shape index (κ2) is 15.7. The van der Waals surface area contributed by atoms with Gasteiger partial charge in [0.2, 0.25) is 29.5 Å². The van der Waals surface area contributed by atoms with Crippen LogP contribution in [-0.4, -0.2) is 82.2 Å². The van der Waals surface area contributed by atoms with Crippen molar-refractivity contribution in [2.24, 2.45) is 5.92 Å². The van der Waals surface area contributed by atoms with Crippen molar-refractivity contribution in [3.63, 3.8) is 0 Å². The highest BCUT2D eigenvalue weighted by Crippen LogP contribution is 2.24. The molecule has 2 fully saturated rings. The number of unbranched alkanes of at least 4 members (excludes halogenated alkanes) is 2. The Morgan fingerprint density at radius 1 is 1.02 bits per heavy atom. The molecule has 0 bridgehead atoms. The first-order valence-electron chi connectivity index (χ1n) is 16.0. The van der Waals surface area contributed by atoms with Crippen molar-refractivity contribution < 1.29 is 34.0 Å². The molecule has 246 valence electrons. The summed E-state index contributed by atoms with van der Waals surface area (Å²) in [6, 6.07) is 3.97. The summed E-state index contributed by atoms with van der Waals surface area (Å²) >= 11 is 0. The number of rotatable bonds is 11. The minimum atomic E-state index is -1.04. The zero-order chi connectivity index (χ0) is 32.5. The average molecular weight is 627 g/mol. The zero-order valence-corrected chi connectivity index (χ0v) is 26.3. The molecule has 5 N–H and O–H groups in total. The van der Waals surface area contributed by atoms with Crippen LogP contribution in [0.4, 0.5) is 0 Å². The quantitative estimate of drug-likeness (QED) is 0.143. The van der Waals surface area contributed by atoms with Crippen molar-refractivity contribution in [2.45, 2.75) is 102 Å². The highest BCUT2D eigenvalue weighted by molar-refractivity contribution is 5.98. The predicted molar refractivity (Wildman–Crippen MR) is 166 cm³/mol. The summed E-state index contributed by atoms with van der Waals surface area (Å²) in [5.41, 5.74) is 3.18. The molecule has 0 saturated carbocycles. The fraction of sp³-hybridized carbons (Fsp3) is 0.594. The van der Waals surface area contributed by atoms with E-state index in [0.717, 1.165) is 29.3 Å². The first-order chi connectivity index (χ1) is 21.7. The smallest absolute Gasteiger partial charge is 0.246 e. The van der Waals surface area contributed by atoms with Gasteiger partial charge in [0.25, 0.3) is 0 Å². The number of fused-ring (bicyclic) bond motifs is 2. The molecule has 13 nitrogen and oxygen atoms in total. The number of hydroxylamine groups is 1. The maximum Gasteiger partial charge on any atom is 0.246 e. The van der Waals surface area contributed by atoms with Crippen molar-refractivity contribution >= 4 is 40.4 Å². The number of carbonyl (C=O) groups is 5. The highest BCUT2D eigenvalue weighted by atomic mass is 16.6. The summed E-state index contributed by atoms with van der Waals surface area (Å²) in [6.07, 6.45) is 6.49. The number of nitrogens with one attached hydrogen (secondary N) is 4. The Morgan fingerprint density at radius 2 is 1.76 bits per heavy atom. The molecule has 1 unspecified atom stereocenters. The molecular formula is C32H46N6O7. The van der Waals surface area contributed by atoms with Crippen molar-refractivity contribution in [2.75, 3.05) is 13.7 Å². The lowest BCUT2D eigenvalue weighted by molar-refractivity contribution is -0.147. The maximum absolute atomic E-state index is 14.0. The van der Waals surface area contributed by atoms with Gasteiger partial charge in [0.05, 0.1) is 5.52 Å². The summed E-state index contributed by atoms with van der Waals surface area (Å²) in [5, 5.41) is 18.3. The Bertz CT molecular complexity index is 1380. The van der Waals surface area contributed by atoms with Crippen LogP contribution in [0.25, 0.3) is 10.9 Å². The lowest BCUT2D eigenvalue weighted by Crippen LogP contribution is -2.64. The van der Waals surface area contributed by atoms with Crippen molar-refractivity contribution in [3.05, 3.63) is 36.0 Å². The molecule has 3 heterocycles. The minimum absolute atomic E-state index is 0.124. The van der Waals surface area contributed by atoms with Gasteiger partial charge in [-0.15, -0.1) is 0 Å². The molecule has 2 aromatic rings. The van der Waals surface area contributed by atoms with Gasteiger partial charge in [-0.3, -0.25) is 29.2 Å². The van der Waals surface area contributed by atoms with E-state index in [1.807, 2.05) is 38.1 Å². The Balaban J connectivity index is 1.66.